The molecule has 0 bridgehead atoms. The predicted octanol–water partition coefficient (Wildman–Crippen LogP) is 2.51. The molecule has 0 aliphatic rings. The highest BCUT2D eigenvalue weighted by Crippen LogP contribution is 2.28. The number of aryl methyl sites for hydroxylation is 1. The summed E-state index contributed by atoms with van der Waals surface area (Å²) in [6.45, 7) is 5.59. The molecule has 138 valence electrons. The summed E-state index contributed by atoms with van der Waals surface area (Å²) < 4.78 is 15.6. The van der Waals surface area contributed by atoms with Gasteiger partial charge in [-0.2, -0.15) is 0 Å². The van der Waals surface area contributed by atoms with Crippen molar-refractivity contribution in [2.45, 2.75) is 20.8 Å². The molecule has 0 spiro atoms. The van der Waals surface area contributed by atoms with Crippen molar-refractivity contribution in [2.75, 3.05) is 18.5 Å². The van der Waals surface area contributed by atoms with Gasteiger partial charge in [0.2, 0.25) is 5.88 Å². The SMILES string of the molecule is CCOC(=O)c1c(C)oc(NC(=O)c2ccc(OCC)cc2)c1C(N)=O. The molecule has 0 atom stereocenters. The first-order valence-corrected chi connectivity index (χ1v) is 8.03. The predicted molar refractivity (Wildman–Crippen MR) is 93.5 cm³/mol. The van der Waals surface area contributed by atoms with Gasteiger partial charge in [-0.25, -0.2) is 4.79 Å². The topological polar surface area (TPSA) is 121 Å². The van der Waals surface area contributed by atoms with E-state index >= 15 is 0 Å². The smallest absolute Gasteiger partial charge is 0.342 e. The standard InChI is InChI=1S/C18H20N2O6/c1-4-24-12-8-6-11(7-9-12)16(22)20-17-14(15(19)21)13(10(3)26-17)18(23)25-5-2/h6-9H,4-5H2,1-3H3,(H2,19,21)(H,20,22). The molecule has 2 amide bonds. The van der Waals surface area contributed by atoms with Crippen LogP contribution in [0.3, 0.4) is 0 Å². The molecule has 0 aliphatic carbocycles. The first-order chi connectivity index (χ1) is 12.4. The van der Waals surface area contributed by atoms with Gasteiger partial charge < -0.3 is 19.6 Å². The summed E-state index contributed by atoms with van der Waals surface area (Å²) in [5, 5.41) is 2.46. The summed E-state index contributed by atoms with van der Waals surface area (Å²) >= 11 is 0. The summed E-state index contributed by atoms with van der Waals surface area (Å²) in [5.41, 5.74) is 5.35. The first-order valence-electron chi connectivity index (χ1n) is 8.03. The highest BCUT2D eigenvalue weighted by molar-refractivity contribution is 6.12. The Morgan fingerprint density at radius 2 is 1.73 bits per heavy atom. The number of hydrogen-bond donors (Lipinski definition) is 2. The molecule has 1 heterocycles. The van der Waals surface area contributed by atoms with Crippen LogP contribution in [-0.4, -0.2) is 31.0 Å². The number of amides is 2. The third-order valence-electron chi connectivity index (χ3n) is 3.46. The van der Waals surface area contributed by atoms with Crippen LogP contribution in [0.4, 0.5) is 5.88 Å². The van der Waals surface area contributed by atoms with Crippen LogP contribution in [0.5, 0.6) is 5.75 Å². The molecule has 2 aromatic rings. The van der Waals surface area contributed by atoms with Crippen LogP contribution in [0.15, 0.2) is 28.7 Å². The van der Waals surface area contributed by atoms with Crippen molar-refractivity contribution < 1.29 is 28.3 Å². The van der Waals surface area contributed by atoms with Gasteiger partial charge in [-0.05, 0) is 45.0 Å². The summed E-state index contributed by atoms with van der Waals surface area (Å²) in [5.74, 6) is -1.63. The molecule has 2 rings (SSSR count). The number of anilines is 1. The molecular formula is C18H20N2O6. The first kappa shape index (κ1) is 19.0. The number of nitrogens with two attached hydrogens (primary N) is 1. The number of primary amides is 1. The van der Waals surface area contributed by atoms with Gasteiger partial charge in [0.15, 0.2) is 0 Å². The number of nitrogens with one attached hydrogen (secondary N) is 1. The summed E-state index contributed by atoms with van der Waals surface area (Å²) in [6.07, 6.45) is 0. The van der Waals surface area contributed by atoms with Gasteiger partial charge in [0.25, 0.3) is 11.8 Å². The summed E-state index contributed by atoms with van der Waals surface area (Å²) in [7, 11) is 0. The van der Waals surface area contributed by atoms with Crippen molar-refractivity contribution in [1.82, 2.24) is 0 Å². The molecule has 0 fully saturated rings. The third-order valence-corrected chi connectivity index (χ3v) is 3.46. The summed E-state index contributed by atoms with van der Waals surface area (Å²) in [6, 6.07) is 6.41. The zero-order valence-electron chi connectivity index (χ0n) is 14.8. The number of esters is 1. The molecule has 0 aliphatic heterocycles. The van der Waals surface area contributed by atoms with E-state index in [4.69, 9.17) is 19.6 Å². The number of ether oxygens (including phenoxy) is 2. The molecule has 1 aromatic heterocycles. The van der Waals surface area contributed by atoms with Crippen LogP contribution >= 0.6 is 0 Å². The van der Waals surface area contributed by atoms with Crippen LogP contribution < -0.4 is 15.8 Å². The van der Waals surface area contributed by atoms with Crippen LogP contribution in [0, 0.1) is 6.92 Å². The van der Waals surface area contributed by atoms with E-state index in [1.165, 1.54) is 6.92 Å². The highest BCUT2D eigenvalue weighted by atomic mass is 16.5. The van der Waals surface area contributed by atoms with Crippen LogP contribution in [0.2, 0.25) is 0 Å². The minimum Gasteiger partial charge on any atom is -0.494 e. The van der Waals surface area contributed by atoms with E-state index in [-0.39, 0.29) is 29.4 Å². The molecular weight excluding hydrogens is 340 g/mol. The molecule has 8 nitrogen and oxygen atoms in total. The zero-order valence-corrected chi connectivity index (χ0v) is 14.8. The average Bonchev–Trinajstić information content (AvgIpc) is 2.92. The van der Waals surface area contributed by atoms with Gasteiger partial charge in [0, 0.05) is 5.56 Å². The Kier molecular flexibility index (Phi) is 6.00. The lowest BCUT2D eigenvalue weighted by molar-refractivity contribution is 0.0521. The average molecular weight is 360 g/mol. The molecule has 0 radical (unpaired) electrons. The Morgan fingerprint density at radius 1 is 1.08 bits per heavy atom. The third kappa shape index (κ3) is 4.02. The molecule has 0 saturated heterocycles. The molecule has 0 unspecified atom stereocenters. The number of carbonyl (C=O) groups excluding carboxylic acids is 3. The fraction of sp³-hybridized carbons (Fsp3) is 0.278. The van der Waals surface area contributed by atoms with E-state index in [0.717, 1.165) is 0 Å². The fourth-order valence-corrected chi connectivity index (χ4v) is 2.36. The minimum absolute atomic E-state index is 0.0960. The minimum atomic E-state index is -0.910. The maximum atomic E-state index is 12.4. The van der Waals surface area contributed by atoms with Crippen molar-refractivity contribution in [3.63, 3.8) is 0 Å². The largest absolute Gasteiger partial charge is 0.494 e. The number of rotatable bonds is 7. The van der Waals surface area contributed by atoms with E-state index in [9.17, 15) is 14.4 Å². The van der Waals surface area contributed by atoms with E-state index in [2.05, 4.69) is 5.32 Å². The van der Waals surface area contributed by atoms with E-state index in [1.807, 2.05) is 6.92 Å². The lowest BCUT2D eigenvalue weighted by Crippen LogP contribution is -2.20. The second-order valence-electron chi connectivity index (χ2n) is 5.23. The number of carbonyl (C=O) groups is 3. The second kappa shape index (κ2) is 8.19. The van der Waals surface area contributed by atoms with E-state index < -0.39 is 17.8 Å². The highest BCUT2D eigenvalue weighted by Gasteiger charge is 2.29. The van der Waals surface area contributed by atoms with Gasteiger partial charge in [-0.1, -0.05) is 0 Å². The maximum absolute atomic E-state index is 12.4. The maximum Gasteiger partial charge on any atom is 0.342 e. The zero-order chi connectivity index (χ0) is 19.3. The Bertz CT molecular complexity index is 823. The number of furan rings is 1. The molecule has 0 saturated carbocycles. The van der Waals surface area contributed by atoms with Gasteiger partial charge in [-0.3, -0.25) is 14.9 Å². The van der Waals surface area contributed by atoms with Crippen LogP contribution in [0.25, 0.3) is 0 Å². The van der Waals surface area contributed by atoms with Crippen molar-refractivity contribution in [2.24, 2.45) is 5.73 Å². The van der Waals surface area contributed by atoms with Crippen LogP contribution in [-0.2, 0) is 4.74 Å². The number of benzene rings is 1. The lowest BCUT2D eigenvalue weighted by atomic mass is 10.1. The van der Waals surface area contributed by atoms with Gasteiger partial charge in [-0.15, -0.1) is 0 Å². The molecule has 26 heavy (non-hydrogen) atoms. The van der Waals surface area contributed by atoms with Crippen molar-refractivity contribution in [3.8, 4) is 5.75 Å². The lowest BCUT2D eigenvalue weighted by Gasteiger charge is -2.06. The normalized spacial score (nSPS) is 10.3. The Hall–Kier alpha value is -3.29. The monoisotopic (exact) mass is 360 g/mol. The Morgan fingerprint density at radius 3 is 2.27 bits per heavy atom. The van der Waals surface area contributed by atoms with Crippen molar-refractivity contribution >= 4 is 23.7 Å². The summed E-state index contributed by atoms with van der Waals surface area (Å²) in [4.78, 5) is 36.2. The Labute approximate surface area is 150 Å². The van der Waals surface area contributed by atoms with Crippen molar-refractivity contribution in [3.05, 3.63) is 46.7 Å². The van der Waals surface area contributed by atoms with Gasteiger partial charge in [0.05, 0.1) is 13.2 Å². The Balaban J connectivity index is 2.31. The quantitative estimate of drug-likeness (QED) is 0.732. The van der Waals surface area contributed by atoms with E-state index in [1.54, 1.807) is 31.2 Å². The second-order valence-corrected chi connectivity index (χ2v) is 5.23. The van der Waals surface area contributed by atoms with Gasteiger partial charge in [0.1, 0.15) is 22.6 Å². The van der Waals surface area contributed by atoms with Crippen molar-refractivity contribution in [1.29, 1.82) is 0 Å². The molecule has 8 heteroatoms. The molecule has 3 N–H and O–H groups in total. The number of hydrogen-bond acceptors (Lipinski definition) is 6. The fourth-order valence-electron chi connectivity index (χ4n) is 2.36. The van der Waals surface area contributed by atoms with E-state index in [0.29, 0.717) is 17.9 Å². The molecule has 1 aromatic carbocycles. The van der Waals surface area contributed by atoms with Crippen LogP contribution in [0.1, 0.15) is 50.7 Å². The van der Waals surface area contributed by atoms with Gasteiger partial charge >= 0.3 is 5.97 Å².